The fourth-order valence-corrected chi connectivity index (χ4v) is 4.99. The Morgan fingerprint density at radius 1 is 1.05 bits per heavy atom. The van der Waals surface area contributed by atoms with E-state index >= 15 is 0 Å². The minimum atomic E-state index is -0.934. The Balaban J connectivity index is 1.42. The number of carboxylic acids is 1. The second-order valence-corrected chi connectivity index (χ2v) is 10.7. The van der Waals surface area contributed by atoms with E-state index in [0.717, 1.165) is 47.5 Å². The van der Waals surface area contributed by atoms with Crippen molar-refractivity contribution in [3.63, 3.8) is 0 Å². The van der Waals surface area contributed by atoms with Gasteiger partial charge in [-0.1, -0.05) is 19.4 Å². The summed E-state index contributed by atoms with van der Waals surface area (Å²) in [6.07, 6.45) is 9.08. The van der Waals surface area contributed by atoms with Gasteiger partial charge in [-0.25, -0.2) is 4.79 Å². The Bertz CT molecular complexity index is 1230. The number of methoxy groups -OCH3 is 1. The lowest BCUT2D eigenvalue weighted by Gasteiger charge is -2.26. The van der Waals surface area contributed by atoms with E-state index in [4.69, 9.17) is 18.9 Å². The van der Waals surface area contributed by atoms with Gasteiger partial charge in [0.15, 0.2) is 11.9 Å². The molecule has 4 rings (SSSR count). The van der Waals surface area contributed by atoms with Gasteiger partial charge in [0.1, 0.15) is 23.0 Å². The average Bonchev–Trinajstić information content (AvgIpc) is 3.76. The number of aliphatic carboxylic acids is 1. The Morgan fingerprint density at radius 2 is 1.75 bits per heavy atom. The number of benzene rings is 2. The first kappa shape index (κ1) is 29.3. The van der Waals surface area contributed by atoms with Crippen LogP contribution in [0.5, 0.6) is 23.0 Å². The minimum Gasteiger partial charge on any atom is -0.496 e. The highest BCUT2D eigenvalue weighted by molar-refractivity contribution is 6.07. The molecule has 2 aromatic rings. The highest BCUT2D eigenvalue weighted by Crippen LogP contribution is 2.41. The van der Waals surface area contributed by atoms with Crippen molar-refractivity contribution in [3.8, 4) is 23.0 Å². The maximum absolute atomic E-state index is 12.9. The Labute approximate surface area is 236 Å². The number of nitrogens with zero attached hydrogens (tertiary/aromatic N) is 1. The van der Waals surface area contributed by atoms with Crippen molar-refractivity contribution in [3.05, 3.63) is 58.8 Å². The molecule has 1 heterocycles. The molecule has 1 aliphatic heterocycles. The number of carbonyl (C=O) groups excluding carboxylic acids is 1. The number of hydrogen-bond donors (Lipinski definition) is 1. The van der Waals surface area contributed by atoms with Crippen LogP contribution in [0, 0.1) is 5.92 Å². The standard InChI is InChI=1S/C32H41NO7/c1-5-7-24-27(13-10-22-11-14-29(32(35)36)40-30(22)24)38-18-6-19-39-28-15-12-23(26(34)16-17-33(2)3)31(37-4)25(28)20-21-8-9-21/h10,12-13,15-17,21,29H,5-9,11,14,18-20H2,1-4H3,(H,35,36)/b17-16-. The molecular formula is C32H41NO7. The zero-order valence-corrected chi connectivity index (χ0v) is 24.0. The number of allylic oxidation sites excluding steroid dienone is 1. The quantitative estimate of drug-likeness (QED) is 0.177. The SMILES string of the molecule is CCCc1c(OCCCOc2ccc(C(=O)/C=C\N(C)C)c(OC)c2CC2CC2)ccc2c1OC(C(=O)O)CC2. The van der Waals surface area contributed by atoms with Gasteiger partial charge in [0, 0.05) is 43.9 Å². The summed E-state index contributed by atoms with van der Waals surface area (Å²) in [5.41, 5.74) is 3.45. The van der Waals surface area contributed by atoms with Crippen molar-refractivity contribution < 1.29 is 33.6 Å². The first-order valence-corrected chi connectivity index (χ1v) is 14.2. The third-order valence-electron chi connectivity index (χ3n) is 7.22. The second kappa shape index (κ2) is 13.6. The van der Waals surface area contributed by atoms with Crippen LogP contribution < -0.4 is 18.9 Å². The molecule has 1 unspecified atom stereocenters. The van der Waals surface area contributed by atoms with E-state index in [1.165, 1.54) is 12.8 Å². The third-order valence-corrected chi connectivity index (χ3v) is 7.22. The molecule has 0 spiro atoms. The number of carboxylic acid groups (broad SMARTS) is 1. The molecule has 1 saturated carbocycles. The van der Waals surface area contributed by atoms with Gasteiger partial charge in [0.2, 0.25) is 0 Å². The summed E-state index contributed by atoms with van der Waals surface area (Å²) < 4.78 is 24.0. The van der Waals surface area contributed by atoms with Crippen LogP contribution in [0.4, 0.5) is 0 Å². The molecule has 0 saturated heterocycles. The Morgan fingerprint density at radius 3 is 2.38 bits per heavy atom. The van der Waals surface area contributed by atoms with Crippen molar-refractivity contribution in [2.75, 3.05) is 34.4 Å². The molecule has 2 aromatic carbocycles. The summed E-state index contributed by atoms with van der Waals surface area (Å²) in [7, 11) is 5.35. The topological polar surface area (TPSA) is 94.5 Å². The van der Waals surface area contributed by atoms with Gasteiger partial charge >= 0.3 is 5.97 Å². The Kier molecular flexibility index (Phi) is 9.96. The van der Waals surface area contributed by atoms with E-state index in [9.17, 15) is 14.7 Å². The van der Waals surface area contributed by atoms with Crippen LogP contribution in [-0.4, -0.2) is 62.3 Å². The zero-order chi connectivity index (χ0) is 28.6. The number of hydrogen-bond acceptors (Lipinski definition) is 7. The largest absolute Gasteiger partial charge is 0.496 e. The summed E-state index contributed by atoms with van der Waals surface area (Å²) in [5.74, 6) is 2.28. The zero-order valence-electron chi connectivity index (χ0n) is 24.0. The molecule has 1 N–H and O–H groups in total. The van der Waals surface area contributed by atoms with Crippen LogP contribution in [0.2, 0.25) is 0 Å². The average molecular weight is 552 g/mol. The summed E-state index contributed by atoms with van der Waals surface area (Å²) in [6.45, 7) is 2.97. The predicted octanol–water partition coefficient (Wildman–Crippen LogP) is 5.48. The van der Waals surface area contributed by atoms with Crippen molar-refractivity contribution in [1.82, 2.24) is 4.90 Å². The number of ether oxygens (including phenoxy) is 4. The molecule has 8 heteroatoms. The number of rotatable bonds is 15. The van der Waals surface area contributed by atoms with E-state index in [2.05, 4.69) is 6.92 Å². The molecule has 216 valence electrons. The molecule has 1 aliphatic carbocycles. The molecule has 0 bridgehead atoms. The normalized spacial score (nSPS) is 16.2. The fourth-order valence-electron chi connectivity index (χ4n) is 4.99. The highest BCUT2D eigenvalue weighted by atomic mass is 16.5. The number of aryl methyl sites for hydroxylation is 1. The number of carbonyl (C=O) groups is 2. The van der Waals surface area contributed by atoms with Gasteiger partial charge in [-0.2, -0.15) is 0 Å². The maximum Gasteiger partial charge on any atom is 0.344 e. The molecule has 1 fully saturated rings. The maximum atomic E-state index is 12.9. The predicted molar refractivity (Wildman–Crippen MR) is 153 cm³/mol. The van der Waals surface area contributed by atoms with Crippen molar-refractivity contribution in [2.45, 2.75) is 64.4 Å². The van der Waals surface area contributed by atoms with Gasteiger partial charge in [0.25, 0.3) is 0 Å². The van der Waals surface area contributed by atoms with Gasteiger partial charge in [-0.05, 0) is 68.2 Å². The molecule has 1 atom stereocenters. The summed E-state index contributed by atoms with van der Waals surface area (Å²) in [6, 6.07) is 7.59. The first-order chi connectivity index (χ1) is 19.3. The summed E-state index contributed by atoms with van der Waals surface area (Å²) in [5, 5.41) is 9.44. The Hall–Kier alpha value is -3.68. The van der Waals surface area contributed by atoms with E-state index in [1.54, 1.807) is 25.5 Å². The van der Waals surface area contributed by atoms with Gasteiger partial charge in [-0.15, -0.1) is 0 Å². The lowest BCUT2D eigenvalue weighted by Crippen LogP contribution is -2.31. The van der Waals surface area contributed by atoms with Crippen LogP contribution in [-0.2, 0) is 24.1 Å². The molecule has 0 aromatic heterocycles. The van der Waals surface area contributed by atoms with Crippen molar-refractivity contribution in [2.24, 2.45) is 5.92 Å². The van der Waals surface area contributed by atoms with Crippen molar-refractivity contribution in [1.29, 1.82) is 0 Å². The summed E-state index contributed by atoms with van der Waals surface area (Å²) in [4.78, 5) is 26.2. The third kappa shape index (κ3) is 7.29. The van der Waals surface area contributed by atoms with Crippen LogP contribution in [0.1, 0.15) is 66.1 Å². The molecule has 8 nitrogen and oxygen atoms in total. The van der Waals surface area contributed by atoms with Crippen LogP contribution in [0.15, 0.2) is 36.5 Å². The van der Waals surface area contributed by atoms with Crippen molar-refractivity contribution >= 4 is 11.8 Å². The van der Waals surface area contributed by atoms with E-state index in [-0.39, 0.29) is 5.78 Å². The second-order valence-electron chi connectivity index (χ2n) is 10.7. The first-order valence-electron chi connectivity index (χ1n) is 14.2. The van der Waals surface area contributed by atoms with E-state index in [1.807, 2.05) is 37.2 Å². The molecular weight excluding hydrogens is 510 g/mol. The lowest BCUT2D eigenvalue weighted by molar-refractivity contribution is -0.145. The fraction of sp³-hybridized carbons (Fsp3) is 0.500. The van der Waals surface area contributed by atoms with Gasteiger partial charge in [0.05, 0.1) is 25.9 Å². The molecule has 0 amide bonds. The monoisotopic (exact) mass is 551 g/mol. The van der Waals surface area contributed by atoms with Gasteiger partial charge < -0.3 is 29.0 Å². The molecule has 2 aliphatic rings. The smallest absolute Gasteiger partial charge is 0.344 e. The number of fused-ring (bicyclic) bond motifs is 1. The van der Waals surface area contributed by atoms with Gasteiger partial charge in [-0.3, -0.25) is 4.79 Å². The van der Waals surface area contributed by atoms with Crippen LogP contribution in [0.25, 0.3) is 0 Å². The highest BCUT2D eigenvalue weighted by Gasteiger charge is 2.29. The minimum absolute atomic E-state index is 0.103. The molecule has 0 radical (unpaired) electrons. The van der Waals surface area contributed by atoms with Crippen LogP contribution >= 0.6 is 0 Å². The lowest BCUT2D eigenvalue weighted by atomic mass is 9.96. The summed E-state index contributed by atoms with van der Waals surface area (Å²) >= 11 is 0. The van der Waals surface area contributed by atoms with E-state index < -0.39 is 12.1 Å². The van der Waals surface area contributed by atoms with Crippen LogP contribution in [0.3, 0.4) is 0 Å². The molecule has 40 heavy (non-hydrogen) atoms. The number of ketones is 1. The van der Waals surface area contributed by atoms with E-state index in [0.29, 0.717) is 55.5 Å².